The van der Waals surface area contributed by atoms with Crippen LogP contribution in [0, 0.1) is 0 Å². The van der Waals surface area contributed by atoms with Crippen LogP contribution >= 0.6 is 22.9 Å². The third-order valence-electron chi connectivity index (χ3n) is 4.36. The van der Waals surface area contributed by atoms with Crippen molar-refractivity contribution in [1.82, 2.24) is 5.32 Å². The lowest BCUT2D eigenvalue weighted by molar-refractivity contribution is 0.307. The summed E-state index contributed by atoms with van der Waals surface area (Å²) in [6, 6.07) is 9.25. The number of hydrogen-bond acceptors (Lipinski definition) is 8. The van der Waals surface area contributed by atoms with E-state index in [9.17, 15) is 16.8 Å². The summed E-state index contributed by atoms with van der Waals surface area (Å²) in [7, 11) is -5.67. The first-order chi connectivity index (χ1) is 13.2. The number of sulfone groups is 2. The van der Waals surface area contributed by atoms with Crippen molar-refractivity contribution in [2.45, 2.75) is 15.5 Å². The number of thiophene rings is 1. The van der Waals surface area contributed by atoms with Crippen LogP contribution < -0.4 is 14.8 Å². The molecule has 2 aromatic rings. The minimum absolute atomic E-state index is 0.0842. The predicted molar refractivity (Wildman–Crippen MR) is 109 cm³/mol. The van der Waals surface area contributed by atoms with E-state index in [1.54, 1.807) is 31.4 Å². The van der Waals surface area contributed by atoms with Gasteiger partial charge in [-0.05, 0) is 36.4 Å². The molecule has 7 nitrogen and oxygen atoms in total. The van der Waals surface area contributed by atoms with Gasteiger partial charge in [-0.3, -0.25) is 0 Å². The fraction of sp³-hybridized carbons (Fsp3) is 0.412. The number of benzene rings is 1. The van der Waals surface area contributed by atoms with Gasteiger partial charge in [0.1, 0.15) is 22.3 Å². The van der Waals surface area contributed by atoms with E-state index in [4.69, 9.17) is 21.1 Å². The van der Waals surface area contributed by atoms with Crippen LogP contribution in [0.2, 0.25) is 4.34 Å². The van der Waals surface area contributed by atoms with Gasteiger partial charge in [0.05, 0.1) is 28.2 Å². The van der Waals surface area contributed by atoms with Crippen molar-refractivity contribution < 1.29 is 26.3 Å². The zero-order valence-corrected chi connectivity index (χ0v) is 18.2. The van der Waals surface area contributed by atoms with Crippen molar-refractivity contribution in [3.63, 3.8) is 0 Å². The van der Waals surface area contributed by atoms with Crippen LogP contribution in [-0.2, 0) is 19.7 Å². The van der Waals surface area contributed by atoms with Crippen LogP contribution in [0.3, 0.4) is 0 Å². The van der Waals surface area contributed by atoms with E-state index in [-0.39, 0.29) is 16.6 Å². The summed E-state index contributed by atoms with van der Waals surface area (Å²) in [5.74, 6) is 0.725. The highest BCUT2D eigenvalue weighted by Crippen LogP contribution is 2.32. The van der Waals surface area contributed by atoms with E-state index in [0.29, 0.717) is 22.4 Å². The van der Waals surface area contributed by atoms with Crippen molar-refractivity contribution in [1.29, 1.82) is 0 Å². The lowest BCUT2D eigenvalue weighted by atomic mass is 10.2. The molecule has 0 radical (unpaired) electrons. The average molecular weight is 466 g/mol. The highest BCUT2D eigenvalue weighted by Gasteiger charge is 2.46. The molecular formula is C17H20ClNO6S3. The van der Waals surface area contributed by atoms with Gasteiger partial charge in [0.2, 0.25) is 0 Å². The standard InChI is InChI=1S/C17H20ClNO6S3/c1-24-12-2-4-13(5-3-12)25-9-8-19-14-10-27(20,21)11-15(14)28(22,23)17-7-6-16(18)26-17/h2-7,14-15,19H,8-11H2,1H3/t14-,15-/m0/s1. The predicted octanol–water partition coefficient (Wildman–Crippen LogP) is 2.02. The molecule has 1 saturated heterocycles. The molecular weight excluding hydrogens is 446 g/mol. The fourth-order valence-electron chi connectivity index (χ4n) is 3.00. The largest absolute Gasteiger partial charge is 0.497 e. The zero-order chi connectivity index (χ0) is 20.4. The van der Waals surface area contributed by atoms with Crippen molar-refractivity contribution in [2.75, 3.05) is 31.8 Å². The highest BCUT2D eigenvalue weighted by molar-refractivity contribution is 7.97. The maximum atomic E-state index is 12.9. The van der Waals surface area contributed by atoms with Gasteiger partial charge >= 0.3 is 0 Å². The van der Waals surface area contributed by atoms with Crippen LogP contribution in [0.25, 0.3) is 0 Å². The van der Waals surface area contributed by atoms with Crippen LogP contribution in [0.4, 0.5) is 0 Å². The second-order valence-corrected chi connectivity index (χ2v) is 12.6. The van der Waals surface area contributed by atoms with Crippen LogP contribution in [0.5, 0.6) is 11.5 Å². The van der Waals surface area contributed by atoms with E-state index < -0.39 is 36.7 Å². The summed E-state index contributed by atoms with van der Waals surface area (Å²) in [5, 5.41) is 1.98. The molecule has 1 aliphatic rings. The Bertz CT molecular complexity index is 1020. The molecule has 11 heteroatoms. The molecule has 28 heavy (non-hydrogen) atoms. The second-order valence-electron chi connectivity index (χ2n) is 6.30. The molecule has 3 rings (SSSR count). The van der Waals surface area contributed by atoms with Crippen LogP contribution in [-0.4, -0.2) is 59.9 Å². The van der Waals surface area contributed by atoms with Crippen molar-refractivity contribution in [3.8, 4) is 11.5 Å². The normalized spacial score (nSPS) is 21.5. The molecule has 0 spiro atoms. The summed E-state index contributed by atoms with van der Waals surface area (Å²) in [4.78, 5) is 0. The van der Waals surface area contributed by atoms with E-state index in [2.05, 4.69) is 5.32 Å². The third-order valence-corrected chi connectivity index (χ3v) is 10.3. The molecule has 1 aromatic heterocycles. The van der Waals surface area contributed by atoms with Gasteiger partial charge in [0.15, 0.2) is 19.7 Å². The minimum atomic E-state index is -3.80. The van der Waals surface area contributed by atoms with Gasteiger partial charge in [-0.2, -0.15) is 0 Å². The Hall–Kier alpha value is -1.33. The lowest BCUT2D eigenvalue weighted by Gasteiger charge is -2.19. The van der Waals surface area contributed by atoms with E-state index in [1.807, 2.05) is 0 Å². The number of halogens is 1. The second kappa shape index (κ2) is 8.58. The fourth-order valence-corrected chi connectivity index (χ4v) is 9.42. The van der Waals surface area contributed by atoms with Gasteiger partial charge in [-0.1, -0.05) is 11.6 Å². The van der Waals surface area contributed by atoms with Gasteiger partial charge in [-0.25, -0.2) is 16.8 Å². The molecule has 0 saturated carbocycles. The smallest absolute Gasteiger partial charge is 0.193 e. The molecule has 154 valence electrons. The molecule has 1 aromatic carbocycles. The molecule has 2 atom stereocenters. The molecule has 1 fully saturated rings. The molecule has 0 bridgehead atoms. The molecule has 0 aliphatic carbocycles. The van der Waals surface area contributed by atoms with Crippen molar-refractivity contribution >= 4 is 42.6 Å². The van der Waals surface area contributed by atoms with Crippen LogP contribution in [0.15, 0.2) is 40.6 Å². The maximum absolute atomic E-state index is 12.9. The van der Waals surface area contributed by atoms with Gasteiger partial charge < -0.3 is 14.8 Å². The Kier molecular flexibility index (Phi) is 6.55. The quantitative estimate of drug-likeness (QED) is 0.595. The number of rotatable bonds is 8. The monoisotopic (exact) mass is 465 g/mol. The summed E-state index contributed by atoms with van der Waals surface area (Å²) in [5.41, 5.74) is 0. The Labute approximate surface area is 173 Å². The molecule has 1 aliphatic heterocycles. The van der Waals surface area contributed by atoms with E-state index >= 15 is 0 Å². The average Bonchev–Trinajstić information content (AvgIpc) is 3.23. The molecule has 1 N–H and O–H groups in total. The maximum Gasteiger partial charge on any atom is 0.193 e. The lowest BCUT2D eigenvalue weighted by Crippen LogP contribution is -2.44. The van der Waals surface area contributed by atoms with Gasteiger partial charge in [0, 0.05) is 12.6 Å². The zero-order valence-electron chi connectivity index (χ0n) is 15.0. The van der Waals surface area contributed by atoms with E-state index in [1.165, 1.54) is 12.1 Å². The summed E-state index contributed by atoms with van der Waals surface area (Å²) in [6.07, 6.45) is 0. The Morgan fingerprint density at radius 1 is 1.14 bits per heavy atom. The Morgan fingerprint density at radius 3 is 2.43 bits per heavy atom. The summed E-state index contributed by atoms with van der Waals surface area (Å²) >= 11 is 6.77. The first-order valence-corrected chi connectivity index (χ1v) is 13.0. The van der Waals surface area contributed by atoms with Crippen LogP contribution in [0.1, 0.15) is 0 Å². The highest BCUT2D eigenvalue weighted by atomic mass is 35.5. The number of hydrogen-bond donors (Lipinski definition) is 1. The summed E-state index contributed by atoms with van der Waals surface area (Å²) in [6.45, 7) is 0.573. The summed E-state index contributed by atoms with van der Waals surface area (Å²) < 4.78 is 61.0. The van der Waals surface area contributed by atoms with E-state index in [0.717, 1.165) is 11.3 Å². The number of nitrogens with one attached hydrogen (secondary N) is 1. The first-order valence-electron chi connectivity index (χ1n) is 8.41. The van der Waals surface area contributed by atoms with Gasteiger partial charge in [-0.15, -0.1) is 11.3 Å². The van der Waals surface area contributed by atoms with Crippen molar-refractivity contribution in [3.05, 3.63) is 40.7 Å². The van der Waals surface area contributed by atoms with Crippen molar-refractivity contribution in [2.24, 2.45) is 0 Å². The first kappa shape index (κ1) is 21.4. The Balaban J connectivity index is 1.62. The van der Waals surface area contributed by atoms with Gasteiger partial charge in [0.25, 0.3) is 0 Å². The molecule has 0 amide bonds. The SMILES string of the molecule is COc1ccc(OCCN[C@H]2CS(=O)(=O)C[C@@H]2S(=O)(=O)c2ccc(Cl)s2)cc1. The molecule has 0 unspecified atom stereocenters. The topological polar surface area (TPSA) is 98.8 Å². The number of ether oxygens (including phenoxy) is 2. The Morgan fingerprint density at radius 2 is 1.82 bits per heavy atom. The molecule has 2 heterocycles. The minimum Gasteiger partial charge on any atom is -0.497 e. The number of methoxy groups -OCH3 is 1. The third kappa shape index (κ3) is 4.98.